The Kier molecular flexibility index (Phi) is 4.26. The first-order valence-corrected chi connectivity index (χ1v) is 4.95. The van der Waals surface area contributed by atoms with E-state index in [9.17, 15) is 19.4 Å². The number of halogens is 1. The zero-order chi connectivity index (χ0) is 11.4. The monoisotopic (exact) mass is 230 g/mol. The molecule has 0 aliphatic heterocycles. The van der Waals surface area contributed by atoms with Gasteiger partial charge in [-0.3, -0.25) is 4.79 Å². The summed E-state index contributed by atoms with van der Waals surface area (Å²) in [5.41, 5.74) is 0.233. The van der Waals surface area contributed by atoms with Crippen LogP contribution in [-0.2, 0) is 0 Å². The van der Waals surface area contributed by atoms with E-state index in [0.717, 1.165) is 12.1 Å². The number of hydrogen-bond donors (Lipinski definition) is 3. The summed E-state index contributed by atoms with van der Waals surface area (Å²) in [4.78, 5) is 10.6. The van der Waals surface area contributed by atoms with Crippen LogP contribution in [0.25, 0.3) is 0 Å². The minimum atomic E-state index is -1.31. The SMILES string of the molecule is O=Cc1ccc(F)cc1C(O)C(O)CS. The van der Waals surface area contributed by atoms with Crippen molar-refractivity contribution in [2.24, 2.45) is 0 Å². The molecule has 0 aromatic heterocycles. The van der Waals surface area contributed by atoms with Crippen molar-refractivity contribution >= 4 is 18.9 Å². The van der Waals surface area contributed by atoms with Crippen LogP contribution in [0.1, 0.15) is 22.0 Å². The number of thiol groups is 1. The second-order valence-corrected chi connectivity index (χ2v) is 3.45. The minimum Gasteiger partial charge on any atom is -0.389 e. The van der Waals surface area contributed by atoms with Crippen LogP contribution in [0.5, 0.6) is 0 Å². The van der Waals surface area contributed by atoms with Gasteiger partial charge in [0.1, 0.15) is 18.2 Å². The lowest BCUT2D eigenvalue weighted by Gasteiger charge is -2.17. The fourth-order valence-electron chi connectivity index (χ4n) is 1.22. The molecular formula is C10H11FO3S. The summed E-state index contributed by atoms with van der Waals surface area (Å²) in [6, 6.07) is 3.40. The topological polar surface area (TPSA) is 57.5 Å². The second-order valence-electron chi connectivity index (χ2n) is 3.09. The van der Waals surface area contributed by atoms with Gasteiger partial charge in [-0.05, 0) is 23.8 Å². The van der Waals surface area contributed by atoms with Gasteiger partial charge in [-0.25, -0.2) is 4.39 Å². The Hall–Kier alpha value is -0.910. The Bertz CT molecular complexity index is 357. The van der Waals surface area contributed by atoms with E-state index >= 15 is 0 Å². The maximum Gasteiger partial charge on any atom is 0.150 e. The van der Waals surface area contributed by atoms with Gasteiger partial charge in [0, 0.05) is 11.3 Å². The van der Waals surface area contributed by atoms with Crippen molar-refractivity contribution in [1.29, 1.82) is 0 Å². The first-order chi connectivity index (χ1) is 7.10. The van der Waals surface area contributed by atoms with Crippen LogP contribution in [0, 0.1) is 5.82 Å². The summed E-state index contributed by atoms with van der Waals surface area (Å²) >= 11 is 3.80. The van der Waals surface area contributed by atoms with E-state index in [2.05, 4.69) is 12.6 Å². The highest BCUT2D eigenvalue weighted by Crippen LogP contribution is 2.21. The van der Waals surface area contributed by atoms with Gasteiger partial charge in [-0.1, -0.05) is 0 Å². The number of aliphatic hydroxyl groups excluding tert-OH is 2. The van der Waals surface area contributed by atoms with Gasteiger partial charge in [0.2, 0.25) is 0 Å². The number of carbonyl (C=O) groups excluding carboxylic acids is 1. The molecule has 0 fully saturated rings. The van der Waals surface area contributed by atoms with E-state index in [1.807, 2.05) is 0 Å². The smallest absolute Gasteiger partial charge is 0.150 e. The fourth-order valence-corrected chi connectivity index (χ4v) is 1.42. The minimum absolute atomic E-state index is 0.0238. The van der Waals surface area contributed by atoms with Gasteiger partial charge < -0.3 is 10.2 Å². The Balaban J connectivity index is 3.10. The number of benzene rings is 1. The number of aldehydes is 1. The van der Waals surface area contributed by atoms with Gasteiger partial charge in [0.15, 0.2) is 0 Å². The number of hydrogen-bond acceptors (Lipinski definition) is 4. The quantitative estimate of drug-likeness (QED) is 0.533. The van der Waals surface area contributed by atoms with Gasteiger partial charge in [0.25, 0.3) is 0 Å². The van der Waals surface area contributed by atoms with E-state index in [1.165, 1.54) is 6.07 Å². The Morgan fingerprint density at radius 3 is 2.67 bits per heavy atom. The van der Waals surface area contributed by atoms with Gasteiger partial charge in [-0.15, -0.1) is 0 Å². The number of rotatable bonds is 4. The third-order valence-corrected chi connectivity index (χ3v) is 2.42. The van der Waals surface area contributed by atoms with Gasteiger partial charge in [-0.2, -0.15) is 12.6 Å². The molecule has 0 saturated carbocycles. The van der Waals surface area contributed by atoms with Crippen LogP contribution in [0.3, 0.4) is 0 Å². The van der Waals surface area contributed by atoms with E-state index < -0.39 is 18.0 Å². The standard InChI is InChI=1S/C10H11FO3S/c11-7-2-1-6(4-12)8(3-7)10(14)9(13)5-15/h1-4,9-10,13-15H,5H2. The molecule has 2 atom stereocenters. The van der Waals surface area contributed by atoms with Crippen LogP contribution in [0.2, 0.25) is 0 Å². The van der Waals surface area contributed by atoms with Crippen molar-refractivity contribution in [2.75, 3.05) is 5.75 Å². The third-order valence-electron chi connectivity index (χ3n) is 2.05. The predicted molar refractivity (Wildman–Crippen MR) is 56.6 cm³/mol. The zero-order valence-electron chi connectivity index (χ0n) is 7.80. The van der Waals surface area contributed by atoms with Crippen molar-refractivity contribution in [2.45, 2.75) is 12.2 Å². The van der Waals surface area contributed by atoms with Crippen molar-refractivity contribution < 1.29 is 19.4 Å². The van der Waals surface area contributed by atoms with Crippen molar-refractivity contribution in [3.05, 3.63) is 35.1 Å². The molecule has 15 heavy (non-hydrogen) atoms. The summed E-state index contributed by atoms with van der Waals surface area (Å²) in [6.45, 7) is 0. The molecule has 1 aromatic carbocycles. The van der Waals surface area contributed by atoms with Gasteiger partial charge in [0.05, 0.1) is 6.10 Å². The van der Waals surface area contributed by atoms with E-state index in [-0.39, 0.29) is 16.9 Å². The molecule has 1 rings (SSSR count). The van der Waals surface area contributed by atoms with Crippen LogP contribution in [0.15, 0.2) is 18.2 Å². The highest BCUT2D eigenvalue weighted by Gasteiger charge is 2.20. The lowest BCUT2D eigenvalue weighted by molar-refractivity contribution is 0.0331. The molecule has 0 radical (unpaired) electrons. The molecule has 2 N–H and O–H groups in total. The summed E-state index contributed by atoms with van der Waals surface area (Å²) in [7, 11) is 0. The fraction of sp³-hybridized carbons (Fsp3) is 0.300. The molecule has 82 valence electrons. The molecule has 0 bridgehead atoms. The third kappa shape index (κ3) is 2.77. The summed E-state index contributed by atoms with van der Waals surface area (Å²) in [5, 5.41) is 18.9. The molecule has 0 heterocycles. The second kappa shape index (κ2) is 5.25. The molecule has 5 heteroatoms. The highest BCUT2D eigenvalue weighted by molar-refractivity contribution is 7.80. The molecule has 1 aromatic rings. The number of aliphatic hydroxyl groups is 2. The van der Waals surface area contributed by atoms with Crippen LogP contribution in [0.4, 0.5) is 4.39 Å². The molecule has 0 saturated heterocycles. The lowest BCUT2D eigenvalue weighted by atomic mass is 10.00. The van der Waals surface area contributed by atoms with Gasteiger partial charge >= 0.3 is 0 Å². The molecule has 0 aliphatic rings. The van der Waals surface area contributed by atoms with Crippen molar-refractivity contribution in [3.8, 4) is 0 Å². The zero-order valence-corrected chi connectivity index (χ0v) is 8.69. The van der Waals surface area contributed by atoms with E-state index in [4.69, 9.17) is 0 Å². The molecule has 0 amide bonds. The Morgan fingerprint density at radius 1 is 1.47 bits per heavy atom. The summed E-state index contributed by atoms with van der Waals surface area (Å²) in [5.74, 6) is -0.545. The van der Waals surface area contributed by atoms with Crippen LogP contribution < -0.4 is 0 Å². The number of carbonyl (C=O) groups is 1. The maximum absolute atomic E-state index is 12.9. The van der Waals surface area contributed by atoms with Crippen LogP contribution >= 0.6 is 12.6 Å². The average Bonchev–Trinajstić information content (AvgIpc) is 2.27. The molecule has 0 aliphatic carbocycles. The molecule has 3 nitrogen and oxygen atoms in total. The highest BCUT2D eigenvalue weighted by atomic mass is 32.1. The average molecular weight is 230 g/mol. The summed E-state index contributed by atoms with van der Waals surface area (Å²) in [6.07, 6.45) is -1.93. The largest absolute Gasteiger partial charge is 0.389 e. The van der Waals surface area contributed by atoms with E-state index in [0.29, 0.717) is 6.29 Å². The Labute approximate surface area is 92.0 Å². The first kappa shape index (κ1) is 12.2. The molecular weight excluding hydrogens is 219 g/mol. The van der Waals surface area contributed by atoms with Crippen molar-refractivity contribution in [3.63, 3.8) is 0 Å². The van der Waals surface area contributed by atoms with E-state index in [1.54, 1.807) is 0 Å². The predicted octanol–water partition coefficient (Wildman–Crippen LogP) is 0.962. The molecule has 2 unspecified atom stereocenters. The Morgan fingerprint density at radius 2 is 2.13 bits per heavy atom. The molecule has 0 spiro atoms. The normalized spacial score (nSPS) is 14.7. The van der Waals surface area contributed by atoms with Crippen LogP contribution in [-0.4, -0.2) is 28.4 Å². The lowest BCUT2D eigenvalue weighted by Crippen LogP contribution is -2.21. The maximum atomic E-state index is 12.9. The summed E-state index contributed by atoms with van der Waals surface area (Å²) < 4.78 is 12.9. The van der Waals surface area contributed by atoms with Crippen molar-refractivity contribution in [1.82, 2.24) is 0 Å². The first-order valence-electron chi connectivity index (χ1n) is 4.31.